The molecular formula is C13H18FNO2. The van der Waals surface area contributed by atoms with Crippen molar-refractivity contribution in [1.29, 1.82) is 0 Å². The predicted octanol–water partition coefficient (Wildman–Crippen LogP) is 1.65. The number of aryl methyl sites for hydroxylation is 1. The second-order valence-corrected chi connectivity index (χ2v) is 4.72. The predicted molar refractivity (Wildman–Crippen MR) is 64.0 cm³/mol. The Morgan fingerprint density at radius 2 is 2.18 bits per heavy atom. The Morgan fingerprint density at radius 3 is 2.76 bits per heavy atom. The third-order valence-corrected chi connectivity index (χ3v) is 2.25. The van der Waals surface area contributed by atoms with Crippen LogP contribution < -0.4 is 5.32 Å². The van der Waals surface area contributed by atoms with Crippen molar-refractivity contribution in [2.45, 2.75) is 32.3 Å². The Kier molecular flexibility index (Phi) is 4.63. The fraction of sp³-hybridized carbons (Fsp3) is 0.462. The topological polar surface area (TPSA) is 49.3 Å². The van der Waals surface area contributed by atoms with E-state index in [2.05, 4.69) is 5.32 Å². The van der Waals surface area contributed by atoms with Gasteiger partial charge in [-0.25, -0.2) is 4.39 Å². The first kappa shape index (κ1) is 13.6. The molecule has 0 aliphatic carbocycles. The van der Waals surface area contributed by atoms with Crippen LogP contribution in [0.5, 0.6) is 0 Å². The van der Waals surface area contributed by atoms with Crippen molar-refractivity contribution in [1.82, 2.24) is 5.32 Å². The lowest BCUT2D eigenvalue weighted by Crippen LogP contribution is -2.38. The summed E-state index contributed by atoms with van der Waals surface area (Å²) in [5.41, 5.74) is -0.113. The molecule has 0 saturated carbocycles. The van der Waals surface area contributed by atoms with Gasteiger partial charge >= 0.3 is 0 Å². The molecule has 0 heterocycles. The molecule has 2 N–H and O–H groups in total. The van der Waals surface area contributed by atoms with Crippen molar-refractivity contribution >= 4 is 5.91 Å². The summed E-state index contributed by atoms with van der Waals surface area (Å²) < 4.78 is 12.9. The maximum absolute atomic E-state index is 12.9. The molecule has 0 bridgehead atoms. The van der Waals surface area contributed by atoms with E-state index < -0.39 is 5.60 Å². The molecular weight excluding hydrogens is 221 g/mol. The molecule has 0 radical (unpaired) electrons. The first-order valence-corrected chi connectivity index (χ1v) is 5.60. The standard InChI is InChI=1S/C13H18FNO2/c1-13(2,17)9-15-12(16)7-6-10-4-3-5-11(14)8-10/h3-5,8,17H,6-7,9H2,1-2H3,(H,15,16). The average molecular weight is 239 g/mol. The fourth-order valence-electron chi connectivity index (χ4n) is 1.35. The van der Waals surface area contributed by atoms with E-state index in [1.807, 2.05) is 0 Å². The summed E-state index contributed by atoms with van der Waals surface area (Å²) in [5.74, 6) is -0.434. The monoisotopic (exact) mass is 239 g/mol. The first-order valence-electron chi connectivity index (χ1n) is 5.60. The molecule has 0 aliphatic rings. The van der Waals surface area contributed by atoms with Crippen LogP contribution in [0.3, 0.4) is 0 Å². The van der Waals surface area contributed by atoms with Crippen molar-refractivity contribution in [3.63, 3.8) is 0 Å². The van der Waals surface area contributed by atoms with E-state index in [1.54, 1.807) is 26.0 Å². The molecule has 0 aromatic heterocycles. The fourth-order valence-corrected chi connectivity index (χ4v) is 1.35. The molecule has 4 heteroatoms. The number of halogens is 1. The summed E-state index contributed by atoms with van der Waals surface area (Å²) in [6, 6.07) is 6.20. The van der Waals surface area contributed by atoms with Gasteiger partial charge in [0, 0.05) is 13.0 Å². The van der Waals surface area contributed by atoms with Crippen molar-refractivity contribution in [2.75, 3.05) is 6.54 Å². The number of carbonyl (C=O) groups is 1. The molecule has 1 rings (SSSR count). The van der Waals surface area contributed by atoms with Gasteiger partial charge in [-0.3, -0.25) is 4.79 Å². The number of amides is 1. The molecule has 0 fully saturated rings. The molecule has 94 valence electrons. The van der Waals surface area contributed by atoms with Crippen LogP contribution >= 0.6 is 0 Å². The summed E-state index contributed by atoms with van der Waals surface area (Å²) in [5, 5.41) is 12.0. The van der Waals surface area contributed by atoms with Crippen LogP contribution in [-0.2, 0) is 11.2 Å². The van der Waals surface area contributed by atoms with E-state index in [9.17, 15) is 14.3 Å². The first-order chi connectivity index (χ1) is 7.87. The summed E-state index contributed by atoms with van der Waals surface area (Å²) in [6.45, 7) is 3.47. The van der Waals surface area contributed by atoms with Gasteiger partial charge in [0.25, 0.3) is 0 Å². The van der Waals surface area contributed by atoms with Crippen molar-refractivity contribution in [3.8, 4) is 0 Å². The third kappa shape index (κ3) is 6.02. The number of aliphatic hydroxyl groups is 1. The molecule has 0 atom stereocenters. The highest BCUT2D eigenvalue weighted by molar-refractivity contribution is 5.76. The van der Waals surface area contributed by atoms with Gasteiger partial charge in [0.1, 0.15) is 5.82 Å². The van der Waals surface area contributed by atoms with Gasteiger partial charge in [-0.15, -0.1) is 0 Å². The van der Waals surface area contributed by atoms with Gasteiger partial charge in [-0.05, 0) is 38.0 Å². The van der Waals surface area contributed by atoms with Gasteiger partial charge < -0.3 is 10.4 Å². The second kappa shape index (κ2) is 5.77. The lowest BCUT2D eigenvalue weighted by molar-refractivity contribution is -0.122. The van der Waals surface area contributed by atoms with Crippen LogP contribution in [-0.4, -0.2) is 23.2 Å². The van der Waals surface area contributed by atoms with E-state index >= 15 is 0 Å². The van der Waals surface area contributed by atoms with Gasteiger partial charge in [0.2, 0.25) is 5.91 Å². The van der Waals surface area contributed by atoms with E-state index in [0.29, 0.717) is 12.8 Å². The van der Waals surface area contributed by atoms with Crippen LogP contribution in [0.4, 0.5) is 4.39 Å². The molecule has 1 aromatic rings. The number of hydrogen-bond donors (Lipinski definition) is 2. The Labute approximate surface area is 101 Å². The van der Waals surface area contributed by atoms with Gasteiger partial charge in [0.05, 0.1) is 5.60 Å². The zero-order valence-electron chi connectivity index (χ0n) is 10.2. The number of carbonyl (C=O) groups excluding carboxylic acids is 1. The highest BCUT2D eigenvalue weighted by Gasteiger charge is 2.13. The quantitative estimate of drug-likeness (QED) is 0.820. The Hall–Kier alpha value is -1.42. The highest BCUT2D eigenvalue weighted by atomic mass is 19.1. The molecule has 0 saturated heterocycles. The molecule has 0 unspecified atom stereocenters. The van der Waals surface area contributed by atoms with Gasteiger partial charge in [-0.2, -0.15) is 0 Å². The summed E-state index contributed by atoms with van der Waals surface area (Å²) >= 11 is 0. The number of nitrogens with one attached hydrogen (secondary N) is 1. The van der Waals surface area contributed by atoms with Gasteiger partial charge in [0.15, 0.2) is 0 Å². The zero-order valence-corrected chi connectivity index (χ0v) is 10.2. The van der Waals surface area contributed by atoms with Crippen molar-refractivity contribution in [2.24, 2.45) is 0 Å². The maximum Gasteiger partial charge on any atom is 0.220 e. The largest absolute Gasteiger partial charge is 0.389 e. The van der Waals surface area contributed by atoms with Crippen molar-refractivity contribution in [3.05, 3.63) is 35.6 Å². The molecule has 1 aromatic carbocycles. The summed E-state index contributed by atoms with van der Waals surface area (Å²) in [7, 11) is 0. The molecule has 0 aliphatic heterocycles. The molecule has 1 amide bonds. The van der Waals surface area contributed by atoms with E-state index in [0.717, 1.165) is 5.56 Å². The average Bonchev–Trinajstić information content (AvgIpc) is 2.23. The third-order valence-electron chi connectivity index (χ3n) is 2.25. The number of benzene rings is 1. The minimum Gasteiger partial charge on any atom is -0.389 e. The number of hydrogen-bond acceptors (Lipinski definition) is 2. The summed E-state index contributed by atoms with van der Waals surface area (Å²) in [6.07, 6.45) is 0.787. The van der Waals surface area contributed by atoms with Crippen LogP contribution in [0.25, 0.3) is 0 Å². The Balaban J connectivity index is 2.33. The molecule has 17 heavy (non-hydrogen) atoms. The molecule has 3 nitrogen and oxygen atoms in total. The van der Waals surface area contributed by atoms with E-state index in [1.165, 1.54) is 12.1 Å². The zero-order chi connectivity index (χ0) is 12.9. The van der Waals surface area contributed by atoms with Crippen LogP contribution in [0.1, 0.15) is 25.8 Å². The highest BCUT2D eigenvalue weighted by Crippen LogP contribution is 2.06. The Bertz CT molecular complexity index is 385. The second-order valence-electron chi connectivity index (χ2n) is 4.72. The smallest absolute Gasteiger partial charge is 0.220 e. The van der Waals surface area contributed by atoms with E-state index in [-0.39, 0.29) is 18.3 Å². The SMILES string of the molecule is CC(C)(O)CNC(=O)CCc1cccc(F)c1. The van der Waals surface area contributed by atoms with Crippen molar-refractivity contribution < 1.29 is 14.3 Å². The van der Waals surface area contributed by atoms with Crippen LogP contribution in [0.15, 0.2) is 24.3 Å². The number of rotatable bonds is 5. The minimum atomic E-state index is -0.908. The van der Waals surface area contributed by atoms with Gasteiger partial charge in [-0.1, -0.05) is 12.1 Å². The lowest BCUT2D eigenvalue weighted by Gasteiger charge is -2.17. The lowest BCUT2D eigenvalue weighted by atomic mass is 10.1. The molecule has 0 spiro atoms. The summed E-state index contributed by atoms with van der Waals surface area (Å²) in [4.78, 5) is 11.4. The normalized spacial score (nSPS) is 11.3. The van der Waals surface area contributed by atoms with Crippen LogP contribution in [0.2, 0.25) is 0 Å². The Morgan fingerprint density at radius 1 is 1.47 bits per heavy atom. The minimum absolute atomic E-state index is 0.142. The van der Waals surface area contributed by atoms with Crippen LogP contribution in [0, 0.1) is 5.82 Å². The maximum atomic E-state index is 12.9. The van der Waals surface area contributed by atoms with E-state index in [4.69, 9.17) is 0 Å².